The number of urea groups is 1. The molecule has 15 heteroatoms. The standard InChI is InChI=1S/C25H24F7N3O5/c1-33(17-5-3-16(26)4-6-17)22(37)40-20-18(25(30,31)32)11-15(24(27,28)29)12-19(20)35-9-8-34(21(35)36)13-23(38)7-2-10-39-14-23/h3-6,11-12,38H,2,7-10,13-14H2,1H3. The molecule has 2 heterocycles. The Morgan fingerprint density at radius 2 is 1.77 bits per heavy atom. The first-order chi connectivity index (χ1) is 18.6. The molecule has 2 aromatic carbocycles. The zero-order valence-electron chi connectivity index (χ0n) is 21.0. The minimum absolute atomic E-state index is 0.0137. The highest BCUT2D eigenvalue weighted by molar-refractivity contribution is 5.97. The quantitative estimate of drug-likeness (QED) is 0.488. The minimum Gasteiger partial charge on any atom is -0.407 e. The van der Waals surface area contributed by atoms with Crippen LogP contribution in [0.25, 0.3) is 0 Å². The van der Waals surface area contributed by atoms with E-state index in [4.69, 9.17) is 9.47 Å². The zero-order chi connectivity index (χ0) is 29.5. The molecule has 0 aliphatic carbocycles. The summed E-state index contributed by atoms with van der Waals surface area (Å²) in [5, 5.41) is 10.7. The maximum atomic E-state index is 14.1. The van der Waals surface area contributed by atoms with Gasteiger partial charge in [0.25, 0.3) is 0 Å². The van der Waals surface area contributed by atoms with Gasteiger partial charge < -0.3 is 19.5 Å². The van der Waals surface area contributed by atoms with Gasteiger partial charge in [0.2, 0.25) is 0 Å². The molecule has 2 aromatic rings. The summed E-state index contributed by atoms with van der Waals surface area (Å²) in [4.78, 5) is 28.5. The van der Waals surface area contributed by atoms with Crippen molar-refractivity contribution in [1.29, 1.82) is 0 Å². The van der Waals surface area contributed by atoms with Gasteiger partial charge in [0.15, 0.2) is 5.75 Å². The fraction of sp³-hybridized carbons (Fsp3) is 0.440. The van der Waals surface area contributed by atoms with Crippen LogP contribution >= 0.6 is 0 Å². The lowest BCUT2D eigenvalue weighted by Crippen LogP contribution is -2.49. The number of ether oxygens (including phenoxy) is 2. The average Bonchev–Trinajstić information content (AvgIpc) is 3.22. The van der Waals surface area contributed by atoms with Gasteiger partial charge in [0.05, 0.1) is 24.4 Å². The van der Waals surface area contributed by atoms with Gasteiger partial charge in [0.1, 0.15) is 17.0 Å². The van der Waals surface area contributed by atoms with Crippen LogP contribution in [0, 0.1) is 5.82 Å². The molecular weight excluding hydrogens is 555 g/mol. The summed E-state index contributed by atoms with van der Waals surface area (Å²) >= 11 is 0. The van der Waals surface area contributed by atoms with Gasteiger partial charge in [-0.2, -0.15) is 26.3 Å². The number of carbonyl (C=O) groups is 2. The number of anilines is 2. The third kappa shape index (κ3) is 6.25. The molecule has 1 atom stereocenters. The summed E-state index contributed by atoms with van der Waals surface area (Å²) in [7, 11) is 1.10. The first-order valence-electron chi connectivity index (χ1n) is 12.0. The van der Waals surface area contributed by atoms with Gasteiger partial charge in [-0.05, 0) is 49.2 Å². The number of aliphatic hydroxyl groups is 1. The minimum atomic E-state index is -5.42. The lowest BCUT2D eigenvalue weighted by Gasteiger charge is -2.35. The third-order valence-corrected chi connectivity index (χ3v) is 6.55. The van der Waals surface area contributed by atoms with E-state index in [9.17, 15) is 45.4 Å². The lowest BCUT2D eigenvalue weighted by molar-refractivity contribution is -0.143. The number of nitrogens with zero attached hydrogens (tertiary/aromatic N) is 3. The topological polar surface area (TPSA) is 82.6 Å². The molecule has 2 fully saturated rings. The van der Waals surface area contributed by atoms with Crippen molar-refractivity contribution in [3.8, 4) is 5.75 Å². The molecule has 2 aliphatic heterocycles. The molecular formula is C25H24F7N3O5. The van der Waals surface area contributed by atoms with Gasteiger partial charge >= 0.3 is 24.5 Å². The summed E-state index contributed by atoms with van der Waals surface area (Å²) in [5.41, 5.74) is -6.00. The molecule has 1 N–H and O–H groups in total. The molecule has 0 radical (unpaired) electrons. The average molecular weight is 579 g/mol. The van der Waals surface area contributed by atoms with Crippen LogP contribution in [0.5, 0.6) is 5.75 Å². The van der Waals surface area contributed by atoms with Gasteiger partial charge in [0, 0.05) is 32.4 Å². The van der Waals surface area contributed by atoms with E-state index in [2.05, 4.69) is 0 Å². The predicted octanol–water partition coefficient (Wildman–Crippen LogP) is 5.28. The predicted molar refractivity (Wildman–Crippen MR) is 127 cm³/mol. The highest BCUT2D eigenvalue weighted by atomic mass is 19.4. The number of benzene rings is 2. The first-order valence-corrected chi connectivity index (χ1v) is 12.0. The van der Waals surface area contributed by atoms with Crippen LogP contribution in [0.2, 0.25) is 0 Å². The molecule has 40 heavy (non-hydrogen) atoms. The SMILES string of the molecule is CN(C(=O)Oc1c(N2CCN(CC3(O)CCCOC3)C2=O)cc(C(F)(F)F)cc1C(F)(F)F)c1ccc(F)cc1. The Morgan fingerprint density at radius 1 is 1.10 bits per heavy atom. The Morgan fingerprint density at radius 3 is 2.35 bits per heavy atom. The largest absolute Gasteiger partial charge is 0.420 e. The molecule has 0 aromatic heterocycles. The van der Waals surface area contributed by atoms with Crippen molar-refractivity contribution in [1.82, 2.24) is 4.90 Å². The van der Waals surface area contributed by atoms with E-state index in [1.807, 2.05) is 0 Å². The van der Waals surface area contributed by atoms with Gasteiger partial charge in [-0.25, -0.2) is 14.0 Å². The van der Waals surface area contributed by atoms with Crippen molar-refractivity contribution in [2.75, 3.05) is 49.7 Å². The Balaban J connectivity index is 1.74. The van der Waals surface area contributed by atoms with E-state index in [1.54, 1.807) is 0 Å². The number of carbonyl (C=O) groups excluding carboxylic acids is 2. The number of hydrogen-bond acceptors (Lipinski definition) is 5. The number of hydrogen-bond donors (Lipinski definition) is 1. The van der Waals surface area contributed by atoms with Crippen LogP contribution in [0.15, 0.2) is 36.4 Å². The van der Waals surface area contributed by atoms with E-state index < -0.39 is 58.5 Å². The Labute approximate surface area is 223 Å². The van der Waals surface area contributed by atoms with Gasteiger partial charge in [-0.15, -0.1) is 0 Å². The molecule has 2 saturated heterocycles. The van der Waals surface area contributed by atoms with Crippen molar-refractivity contribution in [3.63, 3.8) is 0 Å². The summed E-state index contributed by atoms with van der Waals surface area (Å²) in [6.45, 7) is -0.463. The van der Waals surface area contributed by atoms with Crippen molar-refractivity contribution in [2.24, 2.45) is 0 Å². The normalized spacial score (nSPS) is 20.2. The van der Waals surface area contributed by atoms with Crippen LogP contribution in [0.1, 0.15) is 24.0 Å². The van der Waals surface area contributed by atoms with Crippen LogP contribution in [0.4, 0.5) is 51.7 Å². The number of alkyl halides is 6. The van der Waals surface area contributed by atoms with Gasteiger partial charge in [-0.3, -0.25) is 9.80 Å². The molecule has 0 saturated carbocycles. The second kappa shape index (κ2) is 10.8. The first kappa shape index (κ1) is 29.4. The summed E-state index contributed by atoms with van der Waals surface area (Å²) in [5.74, 6) is -1.97. The Hall–Kier alpha value is -3.59. The molecule has 4 rings (SSSR count). The van der Waals surface area contributed by atoms with Crippen molar-refractivity contribution in [3.05, 3.63) is 53.3 Å². The van der Waals surface area contributed by atoms with Crippen LogP contribution in [0.3, 0.4) is 0 Å². The molecule has 3 amide bonds. The zero-order valence-corrected chi connectivity index (χ0v) is 21.0. The van der Waals surface area contributed by atoms with E-state index in [0.29, 0.717) is 24.0 Å². The van der Waals surface area contributed by atoms with Gasteiger partial charge in [-0.1, -0.05) is 0 Å². The van der Waals surface area contributed by atoms with Crippen LogP contribution in [-0.4, -0.2) is 67.6 Å². The monoisotopic (exact) mass is 579 g/mol. The van der Waals surface area contributed by atoms with E-state index in [-0.39, 0.29) is 44.4 Å². The Bertz CT molecular complexity index is 1260. The number of amides is 3. The van der Waals surface area contributed by atoms with E-state index in [0.717, 1.165) is 41.1 Å². The van der Waals surface area contributed by atoms with Crippen LogP contribution in [-0.2, 0) is 17.1 Å². The lowest BCUT2D eigenvalue weighted by atomic mass is 9.96. The maximum absolute atomic E-state index is 14.1. The smallest absolute Gasteiger partial charge is 0.407 e. The molecule has 1 unspecified atom stereocenters. The third-order valence-electron chi connectivity index (χ3n) is 6.55. The van der Waals surface area contributed by atoms with E-state index in [1.165, 1.54) is 0 Å². The van der Waals surface area contributed by atoms with Crippen molar-refractivity contribution in [2.45, 2.75) is 30.8 Å². The second-order valence-corrected chi connectivity index (χ2v) is 9.51. The highest BCUT2D eigenvalue weighted by Crippen LogP contribution is 2.47. The fourth-order valence-corrected chi connectivity index (χ4v) is 4.49. The summed E-state index contributed by atoms with van der Waals surface area (Å²) in [6.07, 6.45) is -11.3. The number of halogens is 7. The summed E-state index contributed by atoms with van der Waals surface area (Å²) in [6, 6.07) is 3.34. The van der Waals surface area contributed by atoms with E-state index >= 15 is 0 Å². The molecule has 2 aliphatic rings. The Kier molecular flexibility index (Phi) is 7.91. The molecule has 218 valence electrons. The fourth-order valence-electron chi connectivity index (χ4n) is 4.49. The second-order valence-electron chi connectivity index (χ2n) is 9.51. The molecule has 8 nitrogen and oxygen atoms in total. The van der Waals surface area contributed by atoms with Crippen LogP contribution < -0.4 is 14.5 Å². The number of rotatable bonds is 5. The summed E-state index contributed by atoms with van der Waals surface area (Å²) < 4.78 is 107. The van der Waals surface area contributed by atoms with Crippen molar-refractivity contribution < 1.29 is 54.9 Å². The van der Waals surface area contributed by atoms with Crippen molar-refractivity contribution >= 4 is 23.5 Å². The molecule has 0 spiro atoms. The maximum Gasteiger partial charge on any atom is 0.420 e. The number of β-amino-alcohol motifs (C(OH)–C–C–N with tert-alkyl or cyclic N) is 1. The molecule has 0 bridgehead atoms. The highest BCUT2D eigenvalue weighted by Gasteiger charge is 2.45.